The number of alkyl halides is 9. The molecule has 0 saturated carbocycles. The number of pyridine rings is 1. The second-order valence-electron chi connectivity index (χ2n) is 10.4. The minimum atomic E-state index is -5.18. The molecule has 0 aliphatic carbocycles. The highest BCUT2D eigenvalue weighted by Crippen LogP contribution is 2.43. The lowest BCUT2D eigenvalue weighted by molar-refractivity contribution is -0.593. The Labute approximate surface area is 256 Å². The summed E-state index contributed by atoms with van der Waals surface area (Å²) in [5, 5.41) is 16.0. The Morgan fingerprint density at radius 3 is 2.20 bits per heavy atom. The van der Waals surface area contributed by atoms with Crippen LogP contribution in [0, 0.1) is 0 Å². The van der Waals surface area contributed by atoms with E-state index >= 15 is 0 Å². The van der Waals surface area contributed by atoms with Gasteiger partial charge in [0.15, 0.2) is 0 Å². The number of nitrogens with zero attached hydrogens (tertiary/aromatic N) is 5. The molecule has 0 spiro atoms. The molecule has 0 saturated heterocycles. The van der Waals surface area contributed by atoms with Crippen LogP contribution in [0.4, 0.5) is 50.0 Å². The van der Waals surface area contributed by atoms with Gasteiger partial charge in [-0.1, -0.05) is 6.92 Å². The van der Waals surface area contributed by atoms with E-state index in [1.165, 1.54) is 0 Å². The lowest BCUT2D eigenvalue weighted by Crippen LogP contribution is -2.49. The third-order valence-electron chi connectivity index (χ3n) is 6.75. The summed E-state index contributed by atoms with van der Waals surface area (Å²) >= 11 is 0. The Morgan fingerprint density at radius 1 is 1.09 bits per heavy atom. The van der Waals surface area contributed by atoms with Crippen molar-refractivity contribution in [2.24, 2.45) is 16.1 Å². The number of aliphatic hydroxyl groups is 1. The number of rotatable bonds is 8. The zero-order valence-electron chi connectivity index (χ0n) is 24.6. The number of nitrogens with one attached hydrogen (secondary N) is 1. The van der Waals surface area contributed by atoms with Gasteiger partial charge in [-0.15, -0.1) is 5.43 Å². The minimum absolute atomic E-state index is 0.0688. The summed E-state index contributed by atoms with van der Waals surface area (Å²) in [4.78, 5) is 18.0. The zero-order chi connectivity index (χ0) is 34.6. The number of benzene rings is 1. The van der Waals surface area contributed by atoms with Crippen molar-refractivity contribution >= 4 is 17.7 Å². The highest BCUT2D eigenvalue weighted by Gasteiger charge is 2.44. The molecule has 2 aromatic rings. The molecule has 46 heavy (non-hydrogen) atoms. The molecule has 0 bridgehead atoms. The molecule has 4 N–H and O–H groups in total. The van der Waals surface area contributed by atoms with E-state index < -0.39 is 90.0 Å². The van der Waals surface area contributed by atoms with E-state index in [2.05, 4.69) is 20.7 Å². The molecule has 1 aliphatic rings. The summed E-state index contributed by atoms with van der Waals surface area (Å²) in [6.45, 7) is 3.31. The molecule has 10 nitrogen and oxygen atoms in total. The maximum atomic E-state index is 13.8. The van der Waals surface area contributed by atoms with Gasteiger partial charge in [-0.25, -0.2) is 9.78 Å². The second-order valence-corrected chi connectivity index (χ2v) is 10.4. The van der Waals surface area contributed by atoms with Crippen molar-refractivity contribution in [3.8, 4) is 0 Å². The van der Waals surface area contributed by atoms with E-state index in [1.54, 1.807) is 20.8 Å². The van der Waals surface area contributed by atoms with Crippen LogP contribution in [0.2, 0.25) is 0 Å². The lowest BCUT2D eigenvalue weighted by Gasteiger charge is -2.40. The first kappa shape index (κ1) is 36.3. The Morgan fingerprint density at radius 2 is 1.70 bits per heavy atom. The van der Waals surface area contributed by atoms with Crippen LogP contribution in [0.1, 0.15) is 67.7 Å². The highest BCUT2D eigenvalue weighted by molar-refractivity contribution is 5.90. The fourth-order valence-corrected chi connectivity index (χ4v) is 4.79. The predicted octanol–water partition coefficient (Wildman–Crippen LogP) is 6.19. The molecule has 2 heterocycles. The molecule has 1 aliphatic heterocycles. The van der Waals surface area contributed by atoms with Crippen LogP contribution in [0.25, 0.3) is 0 Å². The molecule has 0 unspecified atom stereocenters. The first-order valence-corrected chi connectivity index (χ1v) is 13.8. The standard InChI is InChI=1S/C27H30F9N7O3/c1-4-18-12-20(22-19(43(18)24(45)46-14(2)3)5-6-21(39-22)27(34,35)36)42(23(37)40-41-38-7-8-44)13-15-9-16(25(28,29)30)11-17(10-15)26(31,32)33/h5-6,9-11,14,18,20,44H,4,7-8,12-13H2,1-3H3,(H2,37,38,40)/p+1/t18-,20+/m1/s1. The van der Waals surface area contributed by atoms with Crippen LogP contribution in [0.3, 0.4) is 0 Å². The SMILES string of the molecule is CC[C@@H]1C[C@H]([N+](Cc2cc(C(F)(F)F)cc(C(F)(F)F)c2)=C(N)NN=NCCO)c2nc(C(F)(F)F)ccc2N1C(=O)OC(C)C. The van der Waals surface area contributed by atoms with Crippen molar-refractivity contribution in [3.05, 3.63) is 58.4 Å². The van der Waals surface area contributed by atoms with Gasteiger partial charge in [0, 0.05) is 12.5 Å². The van der Waals surface area contributed by atoms with E-state index in [4.69, 9.17) is 15.6 Å². The smallest absolute Gasteiger partial charge is 0.433 e. The Balaban J connectivity index is 2.31. The number of nitrogens with two attached hydrogens (primary N) is 1. The number of hydrogen-bond donors (Lipinski definition) is 3. The van der Waals surface area contributed by atoms with Crippen LogP contribution in [0.5, 0.6) is 0 Å². The summed E-state index contributed by atoms with van der Waals surface area (Å²) in [6, 6.07) is 0.309. The number of amides is 1. The van der Waals surface area contributed by atoms with E-state index in [0.29, 0.717) is 18.2 Å². The summed E-state index contributed by atoms with van der Waals surface area (Å²) < 4.78 is 130. The first-order valence-electron chi connectivity index (χ1n) is 13.8. The second kappa shape index (κ2) is 14.1. The highest BCUT2D eigenvalue weighted by atomic mass is 19.4. The van der Waals surface area contributed by atoms with E-state index in [-0.39, 0.29) is 31.1 Å². The third-order valence-corrected chi connectivity index (χ3v) is 6.75. The monoisotopic (exact) mass is 672 g/mol. The Kier molecular flexibility index (Phi) is 11.1. The van der Waals surface area contributed by atoms with Gasteiger partial charge in [0.1, 0.15) is 17.4 Å². The summed E-state index contributed by atoms with van der Waals surface area (Å²) in [7, 11) is 0. The molecule has 0 fully saturated rings. The maximum absolute atomic E-state index is 13.8. The number of anilines is 1. The van der Waals surface area contributed by atoms with Gasteiger partial charge >= 0.3 is 30.6 Å². The number of aliphatic hydroxyl groups excluding tert-OH is 1. The van der Waals surface area contributed by atoms with Gasteiger partial charge in [-0.2, -0.15) is 44.6 Å². The van der Waals surface area contributed by atoms with Gasteiger partial charge in [-0.3, -0.25) is 15.2 Å². The molecule has 1 amide bonds. The van der Waals surface area contributed by atoms with Crippen molar-refractivity contribution in [1.29, 1.82) is 0 Å². The Bertz CT molecular complexity index is 1430. The van der Waals surface area contributed by atoms with Crippen LogP contribution in [0.15, 0.2) is 40.7 Å². The average molecular weight is 673 g/mol. The molecule has 3 rings (SSSR count). The molecule has 254 valence electrons. The molecule has 2 atom stereocenters. The first-order chi connectivity index (χ1) is 21.3. The number of ether oxygens (including phenoxy) is 1. The molecule has 0 radical (unpaired) electrons. The van der Waals surface area contributed by atoms with Crippen LogP contribution in [-0.2, 0) is 29.8 Å². The summed E-state index contributed by atoms with van der Waals surface area (Å²) in [5.74, 6) is -0.532. The minimum Gasteiger partial charge on any atom is -0.446 e. The fraction of sp³-hybridized carbons (Fsp3) is 0.519. The third kappa shape index (κ3) is 8.76. The van der Waals surface area contributed by atoms with Crippen molar-refractivity contribution in [1.82, 2.24) is 10.4 Å². The number of carbonyl (C=O) groups excluding carboxylic acids is 1. The van der Waals surface area contributed by atoms with Gasteiger partial charge in [0.2, 0.25) is 0 Å². The van der Waals surface area contributed by atoms with E-state index in [0.717, 1.165) is 15.5 Å². The number of hydrogen-bond acceptors (Lipinski definition) is 6. The van der Waals surface area contributed by atoms with Crippen molar-refractivity contribution in [2.75, 3.05) is 18.1 Å². The molecule has 1 aromatic heterocycles. The van der Waals surface area contributed by atoms with Crippen LogP contribution < -0.4 is 16.1 Å². The number of carbonyl (C=O) groups is 1. The van der Waals surface area contributed by atoms with E-state index in [1.807, 2.05) is 0 Å². The fourth-order valence-electron chi connectivity index (χ4n) is 4.79. The lowest BCUT2D eigenvalue weighted by atomic mass is 9.92. The number of aromatic nitrogens is 1. The number of fused-ring (bicyclic) bond motifs is 1. The maximum Gasteiger partial charge on any atom is 0.433 e. The summed E-state index contributed by atoms with van der Waals surface area (Å²) in [6.07, 6.45) is -16.9. The quantitative estimate of drug-likeness (QED) is 0.0767. The van der Waals surface area contributed by atoms with Crippen LogP contribution >= 0.6 is 0 Å². The van der Waals surface area contributed by atoms with Gasteiger partial charge in [0.25, 0.3) is 0 Å². The predicted molar refractivity (Wildman–Crippen MR) is 144 cm³/mol. The zero-order valence-corrected chi connectivity index (χ0v) is 24.6. The van der Waals surface area contributed by atoms with Gasteiger partial charge < -0.3 is 9.84 Å². The topological polar surface area (TPSA) is 128 Å². The molecule has 1 aromatic carbocycles. The van der Waals surface area contributed by atoms with Crippen molar-refractivity contribution in [3.63, 3.8) is 0 Å². The number of guanidine groups is 1. The summed E-state index contributed by atoms with van der Waals surface area (Å²) in [5.41, 5.74) is 2.71. The van der Waals surface area contributed by atoms with Gasteiger partial charge in [-0.05, 0) is 61.4 Å². The average Bonchev–Trinajstić information content (AvgIpc) is 2.95. The molecular formula is C27H31F9N7O3+. The number of halogens is 9. The van der Waals surface area contributed by atoms with Gasteiger partial charge in [0.05, 0.1) is 42.6 Å². The van der Waals surface area contributed by atoms with Crippen molar-refractivity contribution in [2.45, 2.75) is 76.9 Å². The Hall–Kier alpha value is -4.16. The normalized spacial score (nSPS) is 18.1. The van der Waals surface area contributed by atoms with Crippen molar-refractivity contribution < 1.29 is 58.7 Å². The van der Waals surface area contributed by atoms with E-state index in [9.17, 15) is 44.3 Å². The molecular weight excluding hydrogens is 641 g/mol. The largest absolute Gasteiger partial charge is 0.446 e. The van der Waals surface area contributed by atoms with Crippen LogP contribution in [-0.4, -0.2) is 52.0 Å². The molecule has 19 heteroatoms.